The van der Waals surface area contributed by atoms with Crippen LogP contribution in [-0.2, 0) is 25.9 Å². The van der Waals surface area contributed by atoms with Crippen LogP contribution in [-0.4, -0.2) is 16.1 Å². The summed E-state index contributed by atoms with van der Waals surface area (Å²) in [5.74, 6) is 1.29. The summed E-state index contributed by atoms with van der Waals surface area (Å²) in [5, 5.41) is 3.41. The Hall–Kier alpha value is -0.830. The number of fused-ring (bicyclic) bond motifs is 1. The molecule has 2 aliphatic rings. The second-order valence-corrected chi connectivity index (χ2v) is 5.60. The van der Waals surface area contributed by atoms with Crippen molar-refractivity contribution in [3.05, 3.63) is 17.2 Å². The summed E-state index contributed by atoms with van der Waals surface area (Å²) in [6, 6.07) is 0. The molecule has 3 nitrogen and oxygen atoms in total. The van der Waals surface area contributed by atoms with Gasteiger partial charge in [0.1, 0.15) is 5.82 Å². The van der Waals surface area contributed by atoms with Crippen molar-refractivity contribution >= 4 is 0 Å². The lowest BCUT2D eigenvalue weighted by Crippen LogP contribution is -2.25. The number of aryl methyl sites for hydroxylation is 1. The van der Waals surface area contributed by atoms with Gasteiger partial charge in [-0.05, 0) is 18.3 Å². The maximum atomic E-state index is 4.78. The molecule has 3 heteroatoms. The van der Waals surface area contributed by atoms with Crippen LogP contribution in [0.15, 0.2) is 0 Å². The highest BCUT2D eigenvalue weighted by Gasteiger charge is 2.38. The molecule has 3 rings (SSSR count). The normalized spacial score (nSPS) is 21.9. The highest BCUT2D eigenvalue weighted by Crippen LogP contribution is 2.47. The Labute approximate surface area is 97.3 Å². The molecule has 1 aromatic rings. The first-order valence-corrected chi connectivity index (χ1v) is 6.50. The second kappa shape index (κ2) is 3.59. The van der Waals surface area contributed by atoms with Crippen LogP contribution < -0.4 is 5.32 Å². The molecule has 1 aliphatic carbocycles. The molecule has 1 fully saturated rings. The lowest BCUT2D eigenvalue weighted by atomic mass is 10.1. The van der Waals surface area contributed by atoms with Gasteiger partial charge in [-0.1, -0.05) is 13.8 Å². The first-order chi connectivity index (χ1) is 7.72. The first kappa shape index (κ1) is 10.3. The van der Waals surface area contributed by atoms with Gasteiger partial charge in [-0.25, -0.2) is 4.98 Å². The highest BCUT2D eigenvalue weighted by atomic mass is 15.1. The molecular weight excluding hydrogens is 198 g/mol. The van der Waals surface area contributed by atoms with Crippen LogP contribution in [0.1, 0.15) is 43.9 Å². The third kappa shape index (κ3) is 1.67. The standard InChI is InChI=1S/C13H21N3/c1-3-12-15-10-8-14-7-4-11(10)16(12)9-13(2)5-6-13/h14H,3-9H2,1-2H3. The van der Waals surface area contributed by atoms with Crippen LogP contribution in [0.2, 0.25) is 0 Å². The maximum absolute atomic E-state index is 4.78. The van der Waals surface area contributed by atoms with Gasteiger partial charge in [-0.3, -0.25) is 0 Å². The lowest BCUT2D eigenvalue weighted by molar-refractivity contribution is 0.439. The quantitative estimate of drug-likeness (QED) is 0.841. The van der Waals surface area contributed by atoms with Crippen molar-refractivity contribution in [3.8, 4) is 0 Å². The molecule has 0 spiro atoms. The van der Waals surface area contributed by atoms with Crippen molar-refractivity contribution in [1.29, 1.82) is 0 Å². The second-order valence-electron chi connectivity index (χ2n) is 5.60. The van der Waals surface area contributed by atoms with E-state index in [2.05, 4.69) is 23.7 Å². The Morgan fingerprint density at radius 3 is 2.94 bits per heavy atom. The number of aromatic nitrogens is 2. The fourth-order valence-corrected chi connectivity index (χ4v) is 2.64. The topological polar surface area (TPSA) is 29.9 Å². The molecule has 0 saturated heterocycles. The fourth-order valence-electron chi connectivity index (χ4n) is 2.64. The summed E-state index contributed by atoms with van der Waals surface area (Å²) in [6.07, 6.45) is 4.99. The predicted octanol–water partition coefficient (Wildman–Crippen LogP) is 1.89. The fraction of sp³-hybridized carbons (Fsp3) is 0.769. The van der Waals surface area contributed by atoms with Crippen LogP contribution in [0, 0.1) is 5.41 Å². The molecule has 0 radical (unpaired) electrons. The Morgan fingerprint density at radius 1 is 1.44 bits per heavy atom. The first-order valence-electron chi connectivity index (χ1n) is 6.50. The molecule has 0 amide bonds. The molecule has 0 bridgehead atoms. The van der Waals surface area contributed by atoms with E-state index < -0.39 is 0 Å². The lowest BCUT2D eigenvalue weighted by Gasteiger charge is -2.18. The molecule has 1 N–H and O–H groups in total. The number of hydrogen-bond acceptors (Lipinski definition) is 2. The van der Waals surface area contributed by atoms with E-state index in [1.807, 2.05) is 0 Å². The average molecular weight is 219 g/mol. The molecule has 1 aromatic heterocycles. The third-order valence-electron chi connectivity index (χ3n) is 4.03. The van der Waals surface area contributed by atoms with Crippen LogP contribution in [0.4, 0.5) is 0 Å². The van der Waals surface area contributed by atoms with Gasteiger partial charge >= 0.3 is 0 Å². The average Bonchev–Trinajstić information content (AvgIpc) is 2.91. The van der Waals surface area contributed by atoms with Crippen molar-refractivity contribution < 1.29 is 0 Å². The van der Waals surface area contributed by atoms with Gasteiger partial charge in [0.05, 0.1) is 5.69 Å². The predicted molar refractivity (Wildman–Crippen MR) is 64.4 cm³/mol. The van der Waals surface area contributed by atoms with E-state index in [1.165, 1.54) is 36.6 Å². The van der Waals surface area contributed by atoms with Crippen molar-refractivity contribution in [2.24, 2.45) is 5.41 Å². The minimum absolute atomic E-state index is 0.573. The van der Waals surface area contributed by atoms with E-state index >= 15 is 0 Å². The minimum atomic E-state index is 0.573. The summed E-state index contributed by atoms with van der Waals surface area (Å²) in [4.78, 5) is 4.78. The van der Waals surface area contributed by atoms with Crippen molar-refractivity contribution in [3.63, 3.8) is 0 Å². The van der Waals surface area contributed by atoms with Crippen molar-refractivity contribution in [1.82, 2.24) is 14.9 Å². The van der Waals surface area contributed by atoms with Crippen molar-refractivity contribution in [2.45, 2.75) is 52.6 Å². The molecule has 2 heterocycles. The van der Waals surface area contributed by atoms with Gasteiger partial charge in [0.15, 0.2) is 0 Å². The molecule has 1 saturated carbocycles. The largest absolute Gasteiger partial charge is 0.331 e. The summed E-state index contributed by atoms with van der Waals surface area (Å²) in [5.41, 5.74) is 3.37. The van der Waals surface area contributed by atoms with Crippen LogP contribution >= 0.6 is 0 Å². The Morgan fingerprint density at radius 2 is 2.25 bits per heavy atom. The van der Waals surface area contributed by atoms with E-state index in [0.29, 0.717) is 5.41 Å². The van der Waals surface area contributed by atoms with E-state index in [9.17, 15) is 0 Å². The number of nitrogens with one attached hydrogen (secondary N) is 1. The molecule has 88 valence electrons. The van der Waals surface area contributed by atoms with Crippen molar-refractivity contribution in [2.75, 3.05) is 6.54 Å². The molecule has 0 atom stereocenters. The Kier molecular flexibility index (Phi) is 2.32. The van der Waals surface area contributed by atoms with Crippen LogP contribution in [0.25, 0.3) is 0 Å². The van der Waals surface area contributed by atoms with Gasteiger partial charge in [0, 0.05) is 38.2 Å². The van der Waals surface area contributed by atoms with Gasteiger partial charge in [0.2, 0.25) is 0 Å². The Bertz CT molecular complexity index is 402. The summed E-state index contributed by atoms with van der Waals surface area (Å²) in [7, 11) is 0. The maximum Gasteiger partial charge on any atom is 0.108 e. The van der Waals surface area contributed by atoms with Crippen LogP contribution in [0.5, 0.6) is 0 Å². The van der Waals surface area contributed by atoms with E-state index in [0.717, 1.165) is 25.9 Å². The number of hydrogen-bond donors (Lipinski definition) is 1. The molecule has 16 heavy (non-hydrogen) atoms. The number of nitrogens with zero attached hydrogens (tertiary/aromatic N) is 2. The zero-order valence-corrected chi connectivity index (χ0v) is 10.3. The molecule has 0 unspecified atom stereocenters. The highest BCUT2D eigenvalue weighted by molar-refractivity contribution is 5.21. The monoisotopic (exact) mass is 219 g/mol. The zero-order chi connectivity index (χ0) is 11.2. The van der Waals surface area contributed by atoms with E-state index in [-0.39, 0.29) is 0 Å². The zero-order valence-electron chi connectivity index (χ0n) is 10.3. The smallest absolute Gasteiger partial charge is 0.108 e. The SMILES string of the molecule is CCc1nc2c(n1CC1(C)CC1)CCNC2. The van der Waals surface area contributed by atoms with Crippen LogP contribution in [0.3, 0.4) is 0 Å². The van der Waals surface area contributed by atoms with Gasteiger partial charge < -0.3 is 9.88 Å². The summed E-state index contributed by atoms with van der Waals surface area (Å²) < 4.78 is 2.52. The summed E-state index contributed by atoms with van der Waals surface area (Å²) in [6.45, 7) is 7.88. The summed E-state index contributed by atoms with van der Waals surface area (Å²) >= 11 is 0. The number of imidazole rings is 1. The minimum Gasteiger partial charge on any atom is -0.331 e. The van der Waals surface area contributed by atoms with E-state index in [4.69, 9.17) is 4.98 Å². The van der Waals surface area contributed by atoms with Gasteiger partial charge in [0.25, 0.3) is 0 Å². The molecule has 1 aliphatic heterocycles. The van der Waals surface area contributed by atoms with E-state index in [1.54, 1.807) is 0 Å². The molecular formula is C13H21N3. The van der Waals surface area contributed by atoms with Gasteiger partial charge in [-0.2, -0.15) is 0 Å². The molecule has 0 aromatic carbocycles. The number of rotatable bonds is 3. The Balaban J connectivity index is 1.96. The third-order valence-corrected chi connectivity index (χ3v) is 4.03. The van der Waals surface area contributed by atoms with Gasteiger partial charge in [-0.15, -0.1) is 0 Å².